The van der Waals surface area contributed by atoms with E-state index in [1.54, 1.807) is 13.0 Å². The number of amides is 2. The highest BCUT2D eigenvalue weighted by Gasteiger charge is 2.30. The van der Waals surface area contributed by atoms with E-state index in [0.29, 0.717) is 5.56 Å². The summed E-state index contributed by atoms with van der Waals surface area (Å²) in [6, 6.07) is 4.34. The van der Waals surface area contributed by atoms with Crippen LogP contribution in [0.2, 0.25) is 0 Å². The number of rotatable bonds is 4. The average Bonchev–Trinajstić information content (AvgIpc) is 2.79. The molecule has 0 aliphatic carbocycles. The van der Waals surface area contributed by atoms with E-state index in [-0.39, 0.29) is 28.9 Å². The molecule has 0 bridgehead atoms. The minimum absolute atomic E-state index is 0.0995. The van der Waals surface area contributed by atoms with Crippen molar-refractivity contribution in [2.45, 2.75) is 18.6 Å². The Morgan fingerprint density at radius 1 is 1.50 bits per heavy atom. The Morgan fingerprint density at radius 3 is 2.83 bits per heavy atom. The van der Waals surface area contributed by atoms with Gasteiger partial charge in [-0.1, -0.05) is 17.8 Å². The molecule has 1 aliphatic rings. The number of hydrogen-bond acceptors (Lipinski definition) is 6. The van der Waals surface area contributed by atoms with Gasteiger partial charge < -0.3 is 16.8 Å². The normalized spacial score (nSPS) is 16.5. The van der Waals surface area contributed by atoms with Crippen molar-refractivity contribution in [2.75, 3.05) is 5.32 Å². The second kappa shape index (κ2) is 7.08. The van der Waals surface area contributed by atoms with E-state index in [2.05, 4.69) is 15.3 Å². The molecule has 11 heteroatoms. The van der Waals surface area contributed by atoms with E-state index >= 15 is 0 Å². The number of aryl methyl sites for hydroxylation is 1. The number of nitro groups is 1. The molecule has 0 fully saturated rings. The Labute approximate surface area is 140 Å². The van der Waals surface area contributed by atoms with Gasteiger partial charge in [-0.15, -0.1) is 0 Å². The highest BCUT2D eigenvalue weighted by atomic mass is 32.2. The van der Waals surface area contributed by atoms with Crippen molar-refractivity contribution in [2.24, 2.45) is 21.5 Å². The molecule has 1 aliphatic heterocycles. The zero-order valence-electron chi connectivity index (χ0n) is 12.6. The first-order chi connectivity index (χ1) is 11.3. The molecule has 10 nitrogen and oxygen atoms in total. The van der Waals surface area contributed by atoms with Crippen LogP contribution < -0.4 is 16.8 Å². The van der Waals surface area contributed by atoms with Crippen molar-refractivity contribution in [3.63, 3.8) is 0 Å². The van der Waals surface area contributed by atoms with Gasteiger partial charge in [-0.3, -0.25) is 19.7 Å². The molecule has 1 aromatic carbocycles. The third-order valence-electron chi connectivity index (χ3n) is 3.01. The number of guanidine groups is 1. The quantitative estimate of drug-likeness (QED) is 0.307. The lowest BCUT2D eigenvalue weighted by molar-refractivity contribution is -0.385. The summed E-state index contributed by atoms with van der Waals surface area (Å²) in [4.78, 5) is 41.4. The Bertz CT molecular complexity index is 772. The predicted molar refractivity (Wildman–Crippen MR) is 90.7 cm³/mol. The average molecular weight is 350 g/mol. The Morgan fingerprint density at radius 2 is 2.21 bits per heavy atom. The number of amidine groups is 1. The molecule has 5 N–H and O–H groups in total. The molecule has 1 aromatic rings. The summed E-state index contributed by atoms with van der Waals surface area (Å²) >= 11 is 0.980. The lowest BCUT2D eigenvalue weighted by Crippen LogP contribution is -2.23. The van der Waals surface area contributed by atoms with Gasteiger partial charge in [-0.05, 0) is 13.0 Å². The minimum Gasteiger partial charge on any atom is -0.370 e. The molecule has 2 amide bonds. The number of carbonyl (C=O) groups is 2. The van der Waals surface area contributed by atoms with Gasteiger partial charge in [0.2, 0.25) is 5.91 Å². The van der Waals surface area contributed by atoms with Gasteiger partial charge in [0.15, 0.2) is 11.1 Å². The first kappa shape index (κ1) is 17.4. The number of aliphatic imine (C=N–C) groups is 2. The highest BCUT2D eigenvalue weighted by molar-refractivity contribution is 8.15. The molecule has 0 spiro atoms. The maximum Gasteiger partial charge on any atom is 0.274 e. The summed E-state index contributed by atoms with van der Waals surface area (Å²) in [5.74, 6) is -1.21. The van der Waals surface area contributed by atoms with Crippen molar-refractivity contribution < 1.29 is 14.5 Å². The monoisotopic (exact) mass is 350 g/mol. The minimum atomic E-state index is -0.733. The second-order valence-corrected chi connectivity index (χ2v) is 6.06. The van der Waals surface area contributed by atoms with Crippen LogP contribution in [-0.4, -0.2) is 33.1 Å². The van der Waals surface area contributed by atoms with Gasteiger partial charge in [0.25, 0.3) is 11.6 Å². The number of hydrogen-bond donors (Lipinski definition) is 3. The number of benzene rings is 1. The van der Waals surface area contributed by atoms with Crippen LogP contribution >= 0.6 is 11.8 Å². The van der Waals surface area contributed by atoms with E-state index in [1.807, 2.05) is 0 Å². The van der Waals surface area contributed by atoms with Gasteiger partial charge in [-0.25, -0.2) is 0 Å². The zero-order chi connectivity index (χ0) is 17.9. The first-order valence-corrected chi connectivity index (χ1v) is 7.58. The maximum atomic E-state index is 12.0. The lowest BCUT2D eigenvalue weighted by atomic mass is 10.2. The number of nitrogens with two attached hydrogens (primary N) is 2. The molecule has 1 heterocycles. The van der Waals surface area contributed by atoms with Crippen molar-refractivity contribution in [1.82, 2.24) is 0 Å². The van der Waals surface area contributed by atoms with Crippen LogP contribution in [0.1, 0.15) is 12.0 Å². The number of carbonyl (C=O) groups excluding carboxylic acids is 2. The Kier molecular flexibility index (Phi) is 5.14. The lowest BCUT2D eigenvalue weighted by Gasteiger charge is -2.08. The van der Waals surface area contributed by atoms with Crippen molar-refractivity contribution in [1.29, 1.82) is 0 Å². The molecule has 24 heavy (non-hydrogen) atoms. The standard InChI is InChI=1S/C13H14N6O4S/c1-6-2-3-7(4-8(6)19(22)23)16-10(20)5-9-11(21)17-13(24-9)18-12(14)15/h2-4,9H,5H2,1H3,(H,16,20)(H4,14,15,17,18,21)/t9-/m1/s1. The fourth-order valence-corrected chi connectivity index (χ4v) is 2.87. The van der Waals surface area contributed by atoms with Crippen LogP contribution in [0.4, 0.5) is 11.4 Å². The molecule has 0 saturated carbocycles. The molecule has 0 saturated heterocycles. The summed E-state index contributed by atoms with van der Waals surface area (Å²) in [7, 11) is 0. The fraction of sp³-hybridized carbons (Fsp3) is 0.231. The number of nitro benzene ring substituents is 1. The van der Waals surface area contributed by atoms with Gasteiger partial charge in [0.1, 0.15) is 5.25 Å². The van der Waals surface area contributed by atoms with E-state index in [9.17, 15) is 19.7 Å². The second-order valence-electron chi connectivity index (χ2n) is 4.89. The summed E-state index contributed by atoms with van der Waals surface area (Å²) in [6.45, 7) is 1.60. The van der Waals surface area contributed by atoms with Crippen LogP contribution in [0, 0.1) is 17.0 Å². The number of thioether (sulfide) groups is 1. The van der Waals surface area contributed by atoms with Crippen LogP contribution in [0.15, 0.2) is 28.2 Å². The van der Waals surface area contributed by atoms with Crippen molar-refractivity contribution in [3.8, 4) is 0 Å². The Balaban J connectivity index is 2.00. The molecular weight excluding hydrogens is 336 g/mol. The molecular formula is C13H14N6O4S. The Hall–Kier alpha value is -2.95. The van der Waals surface area contributed by atoms with Gasteiger partial charge in [0.05, 0.1) is 4.92 Å². The molecule has 2 rings (SSSR count). The summed E-state index contributed by atoms with van der Waals surface area (Å²) < 4.78 is 0. The predicted octanol–water partition coefficient (Wildman–Crippen LogP) is 0.503. The number of nitrogens with zero attached hydrogens (tertiary/aromatic N) is 3. The first-order valence-electron chi connectivity index (χ1n) is 6.70. The van der Waals surface area contributed by atoms with E-state index in [0.717, 1.165) is 11.8 Å². The molecule has 1 atom stereocenters. The fourth-order valence-electron chi connectivity index (χ4n) is 1.93. The maximum absolute atomic E-state index is 12.0. The van der Waals surface area contributed by atoms with Crippen LogP contribution in [0.3, 0.4) is 0 Å². The topological polar surface area (TPSA) is 166 Å². The van der Waals surface area contributed by atoms with Gasteiger partial charge in [0, 0.05) is 23.7 Å². The smallest absolute Gasteiger partial charge is 0.274 e. The number of anilines is 1. The zero-order valence-corrected chi connectivity index (χ0v) is 13.4. The van der Waals surface area contributed by atoms with Crippen LogP contribution in [0.25, 0.3) is 0 Å². The molecule has 0 radical (unpaired) electrons. The number of nitrogens with one attached hydrogen (secondary N) is 1. The summed E-state index contributed by atoms with van der Waals surface area (Å²) in [6.07, 6.45) is -0.155. The van der Waals surface area contributed by atoms with Crippen molar-refractivity contribution >= 4 is 46.1 Å². The SMILES string of the molecule is Cc1ccc(NC(=O)C[C@H]2SC(N=C(N)N)=NC2=O)cc1[N+](=O)[O-]. The van der Waals surface area contributed by atoms with Crippen LogP contribution in [0.5, 0.6) is 0 Å². The highest BCUT2D eigenvalue weighted by Crippen LogP contribution is 2.27. The third kappa shape index (κ3) is 4.29. The molecule has 0 aromatic heterocycles. The van der Waals surface area contributed by atoms with Gasteiger partial charge >= 0.3 is 0 Å². The van der Waals surface area contributed by atoms with E-state index < -0.39 is 22.0 Å². The van der Waals surface area contributed by atoms with E-state index in [4.69, 9.17) is 11.5 Å². The summed E-state index contributed by atoms with van der Waals surface area (Å²) in [5, 5.41) is 12.8. The third-order valence-corrected chi connectivity index (χ3v) is 4.06. The molecule has 126 valence electrons. The van der Waals surface area contributed by atoms with Crippen LogP contribution in [-0.2, 0) is 9.59 Å². The van der Waals surface area contributed by atoms with Gasteiger partial charge in [-0.2, -0.15) is 9.98 Å². The largest absolute Gasteiger partial charge is 0.370 e. The molecule has 0 unspecified atom stereocenters. The van der Waals surface area contributed by atoms with E-state index in [1.165, 1.54) is 12.1 Å². The summed E-state index contributed by atoms with van der Waals surface area (Å²) in [5.41, 5.74) is 11.1. The van der Waals surface area contributed by atoms with Crippen molar-refractivity contribution in [3.05, 3.63) is 33.9 Å².